The molecule has 2 aromatic rings. The average molecular weight is 317 g/mol. The van der Waals surface area contributed by atoms with Crippen molar-refractivity contribution >= 4 is 21.6 Å². The smallest absolute Gasteiger partial charge is 0.240 e. The Kier molecular flexibility index (Phi) is 4.71. The van der Waals surface area contributed by atoms with Crippen molar-refractivity contribution < 1.29 is 12.9 Å². The lowest BCUT2D eigenvalue weighted by Crippen LogP contribution is -2.26. The Morgan fingerprint density at radius 1 is 1.40 bits per heavy atom. The first-order valence-electron chi connectivity index (χ1n) is 5.76. The van der Waals surface area contributed by atoms with E-state index < -0.39 is 10.0 Å². The van der Waals surface area contributed by atoms with Gasteiger partial charge in [0.2, 0.25) is 15.9 Å². The number of nitrogens with one attached hydrogen (secondary N) is 1. The fourth-order valence-corrected chi connectivity index (χ4v) is 2.83. The van der Waals surface area contributed by atoms with Crippen LogP contribution in [0.1, 0.15) is 11.5 Å². The van der Waals surface area contributed by atoms with Gasteiger partial charge in [0.15, 0.2) is 6.33 Å². The van der Waals surface area contributed by atoms with Gasteiger partial charge in [-0.15, -0.1) is 0 Å². The fraction of sp³-hybridized carbons (Fsp3) is 0.273. The van der Waals surface area contributed by atoms with Crippen LogP contribution in [-0.2, 0) is 23.0 Å². The predicted molar refractivity (Wildman–Crippen MR) is 72.5 cm³/mol. The second kappa shape index (κ2) is 6.31. The van der Waals surface area contributed by atoms with E-state index in [0.717, 1.165) is 0 Å². The minimum absolute atomic E-state index is 0.118. The third-order valence-corrected chi connectivity index (χ3v) is 4.41. The molecule has 0 atom stereocenters. The number of aromatic nitrogens is 2. The van der Waals surface area contributed by atoms with Gasteiger partial charge in [-0.2, -0.15) is 4.98 Å². The molecule has 0 amide bonds. The molecule has 1 heterocycles. The van der Waals surface area contributed by atoms with Crippen LogP contribution in [0.4, 0.5) is 0 Å². The minimum atomic E-state index is -3.62. The molecule has 20 heavy (non-hydrogen) atoms. The monoisotopic (exact) mass is 316 g/mol. The first kappa shape index (κ1) is 14.9. The van der Waals surface area contributed by atoms with E-state index in [4.69, 9.17) is 21.9 Å². The maximum Gasteiger partial charge on any atom is 0.240 e. The molecular weight excluding hydrogens is 304 g/mol. The summed E-state index contributed by atoms with van der Waals surface area (Å²) in [6, 6.07) is 4.39. The zero-order valence-electron chi connectivity index (χ0n) is 10.4. The summed E-state index contributed by atoms with van der Waals surface area (Å²) >= 11 is 5.90. The number of nitrogens with two attached hydrogens (primary N) is 1. The maximum atomic E-state index is 12.1. The van der Waals surface area contributed by atoms with E-state index >= 15 is 0 Å². The van der Waals surface area contributed by atoms with E-state index in [-0.39, 0.29) is 18.0 Å². The van der Waals surface area contributed by atoms with Gasteiger partial charge in [0.1, 0.15) is 0 Å². The van der Waals surface area contributed by atoms with Gasteiger partial charge in [0.05, 0.1) is 4.90 Å². The van der Waals surface area contributed by atoms with Gasteiger partial charge in [0.25, 0.3) is 0 Å². The lowest BCUT2D eigenvalue weighted by atomic mass is 10.2. The van der Waals surface area contributed by atoms with Crippen molar-refractivity contribution in [2.75, 3.05) is 6.54 Å². The van der Waals surface area contributed by atoms with Crippen LogP contribution in [0.2, 0.25) is 5.02 Å². The molecule has 0 saturated heterocycles. The van der Waals surface area contributed by atoms with Crippen LogP contribution in [0.5, 0.6) is 0 Å². The molecule has 0 aliphatic rings. The largest absolute Gasteiger partial charge is 0.340 e. The van der Waals surface area contributed by atoms with Crippen LogP contribution in [0.3, 0.4) is 0 Å². The molecule has 9 heteroatoms. The highest BCUT2D eigenvalue weighted by molar-refractivity contribution is 7.89. The Morgan fingerprint density at radius 2 is 2.20 bits per heavy atom. The summed E-state index contributed by atoms with van der Waals surface area (Å²) in [7, 11) is -3.62. The molecule has 1 aromatic carbocycles. The SMILES string of the molecule is NCc1cc(S(=O)(=O)NCCc2ncno2)ccc1Cl. The summed E-state index contributed by atoms with van der Waals surface area (Å²) in [5, 5.41) is 3.88. The Hall–Kier alpha value is -1.48. The van der Waals surface area contributed by atoms with Gasteiger partial charge in [-0.05, 0) is 23.8 Å². The molecule has 0 unspecified atom stereocenters. The molecular formula is C11H13ClN4O3S. The zero-order chi connectivity index (χ0) is 14.6. The van der Waals surface area contributed by atoms with Crippen molar-refractivity contribution in [3.63, 3.8) is 0 Å². The number of hydrogen-bond donors (Lipinski definition) is 2. The van der Waals surface area contributed by atoms with Crippen molar-refractivity contribution in [1.29, 1.82) is 0 Å². The standard InChI is InChI=1S/C11H13ClN4O3S/c12-10-2-1-9(5-8(10)6-13)20(17,18)16-4-3-11-14-7-15-19-11/h1-2,5,7,16H,3-4,6,13H2. The molecule has 0 saturated carbocycles. The highest BCUT2D eigenvalue weighted by Crippen LogP contribution is 2.19. The molecule has 7 nitrogen and oxygen atoms in total. The second-order valence-corrected chi connectivity index (χ2v) is 6.11. The van der Waals surface area contributed by atoms with Gasteiger partial charge < -0.3 is 10.3 Å². The number of benzene rings is 1. The normalized spacial score (nSPS) is 11.7. The molecule has 0 spiro atoms. The van der Waals surface area contributed by atoms with Crippen LogP contribution in [0, 0.1) is 0 Å². The van der Waals surface area contributed by atoms with Crippen molar-refractivity contribution in [2.24, 2.45) is 5.73 Å². The number of sulfonamides is 1. The van der Waals surface area contributed by atoms with E-state index in [2.05, 4.69) is 14.9 Å². The molecule has 0 aliphatic heterocycles. The summed E-state index contributed by atoms with van der Waals surface area (Å²) in [6.45, 7) is 0.329. The van der Waals surface area contributed by atoms with Gasteiger partial charge in [-0.3, -0.25) is 0 Å². The topological polar surface area (TPSA) is 111 Å². The third-order valence-electron chi connectivity index (χ3n) is 2.59. The molecule has 3 N–H and O–H groups in total. The molecule has 0 fully saturated rings. The first-order valence-corrected chi connectivity index (χ1v) is 7.63. The fourth-order valence-electron chi connectivity index (χ4n) is 1.56. The van der Waals surface area contributed by atoms with Crippen molar-refractivity contribution in [2.45, 2.75) is 17.9 Å². The number of halogens is 1. The second-order valence-electron chi connectivity index (χ2n) is 3.94. The molecule has 0 radical (unpaired) electrons. The van der Waals surface area contributed by atoms with Crippen LogP contribution in [0.15, 0.2) is 33.9 Å². The van der Waals surface area contributed by atoms with Crippen LogP contribution in [-0.4, -0.2) is 25.1 Å². The highest BCUT2D eigenvalue weighted by Gasteiger charge is 2.15. The average Bonchev–Trinajstić information content (AvgIpc) is 2.92. The van der Waals surface area contributed by atoms with Crippen LogP contribution >= 0.6 is 11.6 Å². The summed E-state index contributed by atoms with van der Waals surface area (Å²) in [6.07, 6.45) is 1.58. The molecule has 0 aliphatic carbocycles. The minimum Gasteiger partial charge on any atom is -0.340 e. The lowest BCUT2D eigenvalue weighted by Gasteiger charge is -2.08. The number of hydrogen-bond acceptors (Lipinski definition) is 6. The van der Waals surface area contributed by atoms with E-state index in [0.29, 0.717) is 22.9 Å². The van der Waals surface area contributed by atoms with Gasteiger partial charge >= 0.3 is 0 Å². The van der Waals surface area contributed by atoms with Gasteiger partial charge in [0, 0.05) is 24.5 Å². The highest BCUT2D eigenvalue weighted by atomic mass is 35.5. The number of rotatable bonds is 6. The van der Waals surface area contributed by atoms with Crippen molar-refractivity contribution in [3.05, 3.63) is 41.0 Å². The summed E-state index contributed by atoms with van der Waals surface area (Å²) in [5.74, 6) is 0.367. The summed E-state index contributed by atoms with van der Waals surface area (Å²) in [5.41, 5.74) is 6.08. The number of nitrogens with zero attached hydrogens (tertiary/aromatic N) is 2. The van der Waals surface area contributed by atoms with Crippen LogP contribution < -0.4 is 10.5 Å². The first-order chi connectivity index (χ1) is 9.53. The van der Waals surface area contributed by atoms with E-state index in [1.54, 1.807) is 0 Å². The molecule has 0 bridgehead atoms. The third kappa shape index (κ3) is 3.54. The summed E-state index contributed by atoms with van der Waals surface area (Å²) < 4.78 is 31.4. The predicted octanol–water partition coefficient (Wildman–Crippen LogP) is 0.703. The molecule has 2 rings (SSSR count). The Bertz CT molecular complexity index is 673. The maximum absolute atomic E-state index is 12.1. The van der Waals surface area contributed by atoms with Crippen molar-refractivity contribution in [3.8, 4) is 0 Å². The lowest BCUT2D eigenvalue weighted by molar-refractivity contribution is 0.377. The van der Waals surface area contributed by atoms with Crippen LogP contribution in [0.25, 0.3) is 0 Å². The van der Waals surface area contributed by atoms with Gasteiger partial charge in [-0.1, -0.05) is 16.8 Å². The van der Waals surface area contributed by atoms with Gasteiger partial charge in [-0.25, -0.2) is 13.1 Å². The molecule has 1 aromatic heterocycles. The molecule has 108 valence electrons. The van der Waals surface area contributed by atoms with Crippen molar-refractivity contribution in [1.82, 2.24) is 14.9 Å². The van der Waals surface area contributed by atoms with E-state index in [1.165, 1.54) is 24.5 Å². The Morgan fingerprint density at radius 3 is 2.85 bits per heavy atom. The summed E-state index contributed by atoms with van der Waals surface area (Å²) in [4.78, 5) is 3.92. The Labute approximate surface area is 121 Å². The van der Waals surface area contributed by atoms with E-state index in [1.807, 2.05) is 0 Å². The van der Waals surface area contributed by atoms with E-state index in [9.17, 15) is 8.42 Å². The quantitative estimate of drug-likeness (QED) is 0.811. The Balaban J connectivity index is 2.06. The zero-order valence-corrected chi connectivity index (χ0v) is 12.0.